The van der Waals surface area contributed by atoms with Crippen LogP contribution in [0.4, 0.5) is 0 Å². The SMILES string of the molecule is CNC(=O)C(C)(C)CNC(=O)C(S)Cc1ccccc1. The molecule has 0 heterocycles. The first-order chi connectivity index (χ1) is 9.36. The molecule has 0 radical (unpaired) electrons. The van der Waals surface area contributed by atoms with Crippen LogP contribution in [0.5, 0.6) is 0 Å². The van der Waals surface area contributed by atoms with E-state index in [1.54, 1.807) is 20.9 Å². The van der Waals surface area contributed by atoms with Crippen LogP contribution in [0.3, 0.4) is 0 Å². The molecule has 2 N–H and O–H groups in total. The molecule has 1 atom stereocenters. The first-order valence-electron chi connectivity index (χ1n) is 6.58. The van der Waals surface area contributed by atoms with E-state index in [9.17, 15) is 9.59 Å². The normalized spacial score (nSPS) is 12.6. The summed E-state index contributed by atoms with van der Waals surface area (Å²) in [5.74, 6) is -0.259. The Labute approximate surface area is 125 Å². The van der Waals surface area contributed by atoms with Crippen LogP contribution in [0, 0.1) is 5.41 Å². The molecule has 0 saturated carbocycles. The van der Waals surface area contributed by atoms with Gasteiger partial charge >= 0.3 is 0 Å². The quantitative estimate of drug-likeness (QED) is 0.695. The molecular weight excluding hydrogens is 272 g/mol. The molecule has 0 saturated heterocycles. The van der Waals surface area contributed by atoms with E-state index >= 15 is 0 Å². The minimum atomic E-state index is -0.634. The van der Waals surface area contributed by atoms with E-state index in [-0.39, 0.29) is 18.4 Å². The first-order valence-corrected chi connectivity index (χ1v) is 7.10. The van der Waals surface area contributed by atoms with E-state index < -0.39 is 10.7 Å². The summed E-state index contributed by atoms with van der Waals surface area (Å²) >= 11 is 4.33. The molecule has 0 fully saturated rings. The van der Waals surface area contributed by atoms with Gasteiger partial charge in [-0.05, 0) is 25.8 Å². The Morgan fingerprint density at radius 2 is 1.85 bits per heavy atom. The van der Waals surface area contributed by atoms with Gasteiger partial charge in [-0.15, -0.1) is 0 Å². The minimum Gasteiger partial charge on any atom is -0.359 e. The van der Waals surface area contributed by atoms with E-state index in [1.165, 1.54) is 0 Å². The molecule has 20 heavy (non-hydrogen) atoms. The van der Waals surface area contributed by atoms with Gasteiger partial charge in [0, 0.05) is 13.6 Å². The third-order valence-electron chi connectivity index (χ3n) is 3.12. The Morgan fingerprint density at radius 1 is 1.25 bits per heavy atom. The van der Waals surface area contributed by atoms with Crippen molar-refractivity contribution >= 4 is 24.4 Å². The Hall–Kier alpha value is -1.49. The fourth-order valence-electron chi connectivity index (χ4n) is 1.77. The predicted octanol–water partition coefficient (Wildman–Crippen LogP) is 1.42. The van der Waals surface area contributed by atoms with Crippen molar-refractivity contribution in [3.63, 3.8) is 0 Å². The molecule has 0 bridgehead atoms. The molecule has 0 aromatic heterocycles. The van der Waals surface area contributed by atoms with Gasteiger partial charge < -0.3 is 10.6 Å². The van der Waals surface area contributed by atoms with Crippen molar-refractivity contribution in [2.24, 2.45) is 5.41 Å². The zero-order valence-corrected chi connectivity index (χ0v) is 13.0. The molecule has 2 amide bonds. The summed E-state index contributed by atoms with van der Waals surface area (Å²) in [7, 11) is 1.59. The summed E-state index contributed by atoms with van der Waals surface area (Å²) in [4.78, 5) is 23.6. The second-order valence-corrected chi connectivity index (χ2v) is 6.01. The zero-order chi connectivity index (χ0) is 15.2. The van der Waals surface area contributed by atoms with Crippen LogP contribution in [0.25, 0.3) is 0 Å². The second-order valence-electron chi connectivity index (χ2n) is 5.39. The van der Waals surface area contributed by atoms with Crippen LogP contribution in [-0.2, 0) is 16.0 Å². The van der Waals surface area contributed by atoms with Crippen LogP contribution in [0.15, 0.2) is 30.3 Å². The van der Waals surface area contributed by atoms with E-state index in [2.05, 4.69) is 23.3 Å². The largest absolute Gasteiger partial charge is 0.359 e. The molecule has 0 aliphatic carbocycles. The molecule has 0 spiro atoms. The molecule has 1 unspecified atom stereocenters. The van der Waals surface area contributed by atoms with Gasteiger partial charge in [0.25, 0.3) is 0 Å². The summed E-state index contributed by atoms with van der Waals surface area (Å²) in [6.45, 7) is 3.87. The van der Waals surface area contributed by atoms with Crippen molar-refractivity contribution in [2.45, 2.75) is 25.5 Å². The number of rotatable bonds is 6. The smallest absolute Gasteiger partial charge is 0.233 e. The van der Waals surface area contributed by atoms with Crippen LogP contribution < -0.4 is 10.6 Å². The summed E-state index contributed by atoms with van der Waals surface area (Å²) in [6.07, 6.45) is 0.566. The third-order valence-corrected chi connectivity index (χ3v) is 3.54. The van der Waals surface area contributed by atoms with Crippen molar-refractivity contribution in [1.29, 1.82) is 0 Å². The molecule has 1 rings (SSSR count). The van der Waals surface area contributed by atoms with Crippen molar-refractivity contribution in [3.8, 4) is 0 Å². The summed E-state index contributed by atoms with van der Waals surface area (Å²) < 4.78 is 0. The lowest BCUT2D eigenvalue weighted by atomic mass is 9.92. The minimum absolute atomic E-state index is 0.100. The topological polar surface area (TPSA) is 58.2 Å². The molecular formula is C15H22N2O2S. The maximum absolute atomic E-state index is 12.0. The maximum Gasteiger partial charge on any atom is 0.233 e. The standard InChI is InChI=1S/C15H22N2O2S/c1-15(2,14(19)16-3)10-17-13(18)12(20)9-11-7-5-4-6-8-11/h4-8,12,20H,9-10H2,1-3H3,(H,16,19)(H,17,18). The number of nitrogens with one attached hydrogen (secondary N) is 2. The zero-order valence-electron chi connectivity index (χ0n) is 12.1. The van der Waals surface area contributed by atoms with Gasteiger partial charge in [0.1, 0.15) is 0 Å². The number of carbonyl (C=O) groups is 2. The molecule has 1 aromatic rings. The second kappa shape index (κ2) is 7.33. The fourth-order valence-corrected chi connectivity index (χ4v) is 2.08. The number of amides is 2. The lowest BCUT2D eigenvalue weighted by Gasteiger charge is -2.23. The van der Waals surface area contributed by atoms with Gasteiger partial charge in [0.05, 0.1) is 10.7 Å². The van der Waals surface area contributed by atoms with Crippen LogP contribution in [-0.4, -0.2) is 30.7 Å². The molecule has 0 aliphatic heterocycles. The lowest BCUT2D eigenvalue weighted by molar-refractivity contribution is -0.129. The monoisotopic (exact) mass is 294 g/mol. The van der Waals surface area contributed by atoms with Crippen molar-refractivity contribution in [3.05, 3.63) is 35.9 Å². The highest BCUT2D eigenvalue weighted by atomic mass is 32.1. The summed E-state index contributed by atoms with van der Waals surface area (Å²) in [5.41, 5.74) is 0.429. The summed E-state index contributed by atoms with van der Waals surface area (Å²) in [5, 5.41) is 4.95. The molecule has 0 aliphatic rings. The lowest BCUT2D eigenvalue weighted by Crippen LogP contribution is -2.45. The number of benzene rings is 1. The molecule has 4 nitrogen and oxygen atoms in total. The maximum atomic E-state index is 12.0. The predicted molar refractivity (Wildman–Crippen MR) is 83.8 cm³/mol. The van der Waals surface area contributed by atoms with Gasteiger partial charge in [-0.2, -0.15) is 12.6 Å². The highest BCUT2D eigenvalue weighted by Gasteiger charge is 2.27. The Balaban J connectivity index is 2.48. The summed E-state index contributed by atoms with van der Waals surface area (Å²) in [6, 6.07) is 9.73. The Bertz CT molecular complexity index is 460. The fraction of sp³-hybridized carbons (Fsp3) is 0.467. The number of carbonyl (C=O) groups excluding carboxylic acids is 2. The average Bonchev–Trinajstić information content (AvgIpc) is 2.44. The number of hydrogen-bond donors (Lipinski definition) is 3. The van der Waals surface area contributed by atoms with Crippen molar-refractivity contribution in [2.75, 3.05) is 13.6 Å². The average molecular weight is 294 g/mol. The molecule has 5 heteroatoms. The highest BCUT2D eigenvalue weighted by molar-refractivity contribution is 7.81. The van der Waals surface area contributed by atoms with E-state index in [1.807, 2.05) is 30.3 Å². The number of thiol groups is 1. The van der Waals surface area contributed by atoms with Gasteiger partial charge in [-0.3, -0.25) is 9.59 Å². The van der Waals surface area contributed by atoms with Gasteiger partial charge in [-0.25, -0.2) is 0 Å². The Morgan fingerprint density at radius 3 is 2.40 bits per heavy atom. The van der Waals surface area contributed by atoms with Gasteiger partial charge in [0.15, 0.2) is 0 Å². The van der Waals surface area contributed by atoms with Crippen LogP contribution >= 0.6 is 12.6 Å². The number of hydrogen-bond acceptors (Lipinski definition) is 3. The molecule has 110 valence electrons. The van der Waals surface area contributed by atoms with Crippen LogP contribution in [0.2, 0.25) is 0 Å². The third kappa shape index (κ3) is 4.89. The van der Waals surface area contributed by atoms with Crippen molar-refractivity contribution in [1.82, 2.24) is 10.6 Å². The highest BCUT2D eigenvalue weighted by Crippen LogP contribution is 2.14. The van der Waals surface area contributed by atoms with Gasteiger partial charge in [0.2, 0.25) is 11.8 Å². The van der Waals surface area contributed by atoms with Crippen LogP contribution in [0.1, 0.15) is 19.4 Å². The van der Waals surface area contributed by atoms with E-state index in [0.29, 0.717) is 6.42 Å². The first kappa shape index (κ1) is 16.6. The Kier molecular flexibility index (Phi) is 6.07. The van der Waals surface area contributed by atoms with Crippen molar-refractivity contribution < 1.29 is 9.59 Å². The van der Waals surface area contributed by atoms with E-state index in [0.717, 1.165) is 5.56 Å². The van der Waals surface area contributed by atoms with E-state index in [4.69, 9.17) is 0 Å². The molecule has 1 aromatic carbocycles. The van der Waals surface area contributed by atoms with Gasteiger partial charge in [-0.1, -0.05) is 30.3 Å².